The van der Waals surface area contributed by atoms with Gasteiger partial charge in [-0.3, -0.25) is 19.5 Å². The van der Waals surface area contributed by atoms with Crippen LogP contribution in [0, 0.1) is 0 Å². The van der Waals surface area contributed by atoms with Crippen molar-refractivity contribution >= 4 is 56.5 Å². The third kappa shape index (κ3) is 3.04. The number of hydrogen-bond donors (Lipinski definition) is 0. The number of carbonyl (C=O) groups excluding carboxylic acids is 2. The standard InChI is InChI=1S/C25H15BrN2O2/c26-19-10-11-20-21(14-19)23(13-16-6-8-17(15-29)9-7-16)28(25(20)30)22-5-1-3-18-4-2-12-27-24(18)22/h1-15H/b23-13-. The lowest BCUT2D eigenvalue weighted by molar-refractivity contribution is 0.101. The Kier molecular flexibility index (Phi) is 4.52. The Morgan fingerprint density at radius 3 is 2.43 bits per heavy atom. The largest absolute Gasteiger partial charge is 0.298 e. The molecule has 4 aromatic rings. The summed E-state index contributed by atoms with van der Waals surface area (Å²) in [5.74, 6) is -0.0913. The Morgan fingerprint density at radius 2 is 1.63 bits per heavy atom. The van der Waals surface area contributed by atoms with Crippen molar-refractivity contribution in [3.8, 4) is 0 Å². The number of nitrogens with zero attached hydrogens (tertiary/aromatic N) is 2. The summed E-state index contributed by atoms with van der Waals surface area (Å²) in [6, 6.07) is 22.6. The maximum Gasteiger partial charge on any atom is 0.263 e. The van der Waals surface area contributed by atoms with Gasteiger partial charge in [-0.1, -0.05) is 58.4 Å². The second kappa shape index (κ2) is 7.35. The van der Waals surface area contributed by atoms with E-state index in [1.54, 1.807) is 23.2 Å². The van der Waals surface area contributed by atoms with Gasteiger partial charge in [-0.05, 0) is 42.0 Å². The van der Waals surface area contributed by atoms with E-state index < -0.39 is 0 Å². The molecule has 144 valence electrons. The molecule has 0 atom stereocenters. The van der Waals surface area contributed by atoms with Crippen molar-refractivity contribution in [3.63, 3.8) is 0 Å². The fourth-order valence-corrected chi connectivity index (χ4v) is 4.10. The molecule has 1 aromatic heterocycles. The van der Waals surface area contributed by atoms with Crippen molar-refractivity contribution in [2.24, 2.45) is 0 Å². The first-order valence-electron chi connectivity index (χ1n) is 9.41. The Hall–Kier alpha value is -3.57. The highest BCUT2D eigenvalue weighted by atomic mass is 79.9. The predicted octanol–water partition coefficient (Wildman–Crippen LogP) is 5.97. The predicted molar refractivity (Wildman–Crippen MR) is 122 cm³/mol. The number of aldehydes is 1. The van der Waals surface area contributed by atoms with Crippen LogP contribution in [0.1, 0.15) is 31.8 Å². The van der Waals surface area contributed by atoms with Gasteiger partial charge in [0.1, 0.15) is 6.29 Å². The summed E-state index contributed by atoms with van der Waals surface area (Å²) in [6.07, 6.45) is 4.51. The van der Waals surface area contributed by atoms with E-state index in [9.17, 15) is 9.59 Å². The van der Waals surface area contributed by atoms with Crippen LogP contribution in [-0.4, -0.2) is 17.2 Å². The second-order valence-electron chi connectivity index (χ2n) is 7.00. The summed E-state index contributed by atoms with van der Waals surface area (Å²) in [5, 5.41) is 0.967. The van der Waals surface area contributed by atoms with Crippen LogP contribution >= 0.6 is 15.9 Å². The molecule has 0 saturated heterocycles. The maximum absolute atomic E-state index is 13.4. The van der Waals surface area contributed by atoms with Crippen LogP contribution in [0.4, 0.5) is 5.69 Å². The summed E-state index contributed by atoms with van der Waals surface area (Å²) in [7, 11) is 0. The maximum atomic E-state index is 13.4. The van der Waals surface area contributed by atoms with Crippen LogP contribution in [0.15, 0.2) is 83.5 Å². The van der Waals surface area contributed by atoms with Crippen molar-refractivity contribution in [1.29, 1.82) is 0 Å². The van der Waals surface area contributed by atoms with E-state index in [0.29, 0.717) is 11.1 Å². The molecule has 0 fully saturated rings. The summed E-state index contributed by atoms with van der Waals surface area (Å²) >= 11 is 3.52. The van der Waals surface area contributed by atoms with E-state index in [2.05, 4.69) is 20.9 Å². The number of para-hydroxylation sites is 1. The normalized spacial score (nSPS) is 14.4. The van der Waals surface area contributed by atoms with Crippen LogP contribution in [0.3, 0.4) is 0 Å². The lowest BCUT2D eigenvalue weighted by Gasteiger charge is -2.20. The number of fused-ring (bicyclic) bond motifs is 2. The molecule has 4 nitrogen and oxygen atoms in total. The number of carbonyl (C=O) groups is 2. The first-order chi connectivity index (χ1) is 14.7. The molecule has 0 spiro atoms. The Morgan fingerprint density at radius 1 is 0.867 bits per heavy atom. The molecule has 5 rings (SSSR count). The molecular formula is C25H15BrN2O2. The van der Waals surface area contributed by atoms with Gasteiger partial charge in [0, 0.05) is 32.7 Å². The van der Waals surface area contributed by atoms with Gasteiger partial charge in [0.05, 0.1) is 16.9 Å². The Bertz CT molecular complexity index is 1340. The fraction of sp³-hybridized carbons (Fsp3) is 0. The number of aromatic nitrogens is 1. The molecule has 1 aliphatic rings. The quantitative estimate of drug-likeness (QED) is 0.358. The lowest BCUT2D eigenvalue weighted by atomic mass is 10.1. The van der Waals surface area contributed by atoms with Gasteiger partial charge in [-0.2, -0.15) is 0 Å². The zero-order valence-corrected chi connectivity index (χ0v) is 17.3. The molecule has 5 heteroatoms. The molecule has 0 aliphatic carbocycles. The molecule has 2 heterocycles. The van der Waals surface area contributed by atoms with Gasteiger partial charge < -0.3 is 0 Å². The van der Waals surface area contributed by atoms with E-state index in [-0.39, 0.29) is 5.91 Å². The van der Waals surface area contributed by atoms with E-state index in [0.717, 1.165) is 44.2 Å². The number of halogens is 1. The van der Waals surface area contributed by atoms with Crippen LogP contribution in [-0.2, 0) is 0 Å². The van der Waals surface area contributed by atoms with Gasteiger partial charge in [-0.15, -0.1) is 0 Å². The van der Waals surface area contributed by atoms with Gasteiger partial charge in [-0.25, -0.2) is 0 Å². The number of hydrogen-bond acceptors (Lipinski definition) is 3. The average molecular weight is 455 g/mol. The van der Waals surface area contributed by atoms with E-state index in [4.69, 9.17) is 0 Å². The minimum Gasteiger partial charge on any atom is -0.298 e. The molecule has 0 saturated carbocycles. The highest BCUT2D eigenvalue weighted by molar-refractivity contribution is 9.10. The molecule has 0 N–H and O–H groups in total. The molecule has 0 bridgehead atoms. The summed E-state index contributed by atoms with van der Waals surface area (Å²) < 4.78 is 0.897. The van der Waals surface area contributed by atoms with Gasteiger partial charge in [0.15, 0.2) is 0 Å². The first kappa shape index (κ1) is 18.5. The third-order valence-electron chi connectivity index (χ3n) is 5.16. The van der Waals surface area contributed by atoms with Gasteiger partial charge in [0.25, 0.3) is 5.91 Å². The van der Waals surface area contributed by atoms with Crippen LogP contribution in [0.2, 0.25) is 0 Å². The van der Waals surface area contributed by atoms with Crippen LogP contribution in [0.5, 0.6) is 0 Å². The summed E-state index contributed by atoms with van der Waals surface area (Å²) in [6.45, 7) is 0. The van der Waals surface area contributed by atoms with E-state index >= 15 is 0 Å². The molecule has 1 amide bonds. The van der Waals surface area contributed by atoms with Gasteiger partial charge >= 0.3 is 0 Å². The molecule has 3 aromatic carbocycles. The first-order valence-corrected chi connectivity index (χ1v) is 10.2. The van der Waals surface area contributed by atoms with E-state index in [1.807, 2.05) is 66.7 Å². The second-order valence-corrected chi connectivity index (χ2v) is 7.91. The van der Waals surface area contributed by atoms with E-state index in [1.165, 1.54) is 0 Å². The summed E-state index contributed by atoms with van der Waals surface area (Å²) in [5.41, 5.74) is 5.27. The van der Waals surface area contributed by atoms with Crippen molar-refractivity contribution in [3.05, 3.63) is 106 Å². The topological polar surface area (TPSA) is 50.3 Å². The molecule has 0 unspecified atom stereocenters. The third-order valence-corrected chi connectivity index (χ3v) is 5.65. The molecule has 0 radical (unpaired) electrons. The molecule has 1 aliphatic heterocycles. The molecular weight excluding hydrogens is 440 g/mol. The smallest absolute Gasteiger partial charge is 0.263 e. The van der Waals surface area contributed by atoms with Crippen LogP contribution < -0.4 is 4.90 Å². The van der Waals surface area contributed by atoms with Gasteiger partial charge in [0.2, 0.25) is 0 Å². The zero-order valence-electron chi connectivity index (χ0n) is 15.7. The number of benzene rings is 3. The van der Waals surface area contributed by atoms with Crippen molar-refractivity contribution < 1.29 is 9.59 Å². The van der Waals surface area contributed by atoms with Crippen molar-refractivity contribution in [1.82, 2.24) is 4.98 Å². The van der Waals surface area contributed by atoms with Crippen molar-refractivity contribution in [2.45, 2.75) is 0 Å². The lowest BCUT2D eigenvalue weighted by Crippen LogP contribution is -2.22. The van der Waals surface area contributed by atoms with Crippen molar-refractivity contribution in [2.75, 3.05) is 4.90 Å². The highest BCUT2D eigenvalue weighted by Gasteiger charge is 2.34. The number of amides is 1. The minimum absolute atomic E-state index is 0.0913. The fourth-order valence-electron chi connectivity index (χ4n) is 3.74. The number of rotatable bonds is 3. The minimum atomic E-state index is -0.0913. The zero-order chi connectivity index (χ0) is 20.7. The SMILES string of the molecule is O=Cc1ccc(/C=C2/c3cc(Br)ccc3C(=O)N2c2cccc3cccnc23)cc1. The molecule has 30 heavy (non-hydrogen) atoms. The average Bonchev–Trinajstić information content (AvgIpc) is 3.04. The number of pyridine rings is 1. The number of anilines is 1. The highest BCUT2D eigenvalue weighted by Crippen LogP contribution is 2.41. The summed E-state index contributed by atoms with van der Waals surface area (Å²) in [4.78, 5) is 30.7. The monoisotopic (exact) mass is 454 g/mol. The Balaban J connectivity index is 1.75. The van der Waals surface area contributed by atoms with Crippen LogP contribution in [0.25, 0.3) is 22.7 Å². The Labute approximate surface area is 181 Å².